The first-order valence-electron chi connectivity index (χ1n) is 11.2. The lowest BCUT2D eigenvalue weighted by atomic mass is 10.1. The summed E-state index contributed by atoms with van der Waals surface area (Å²) >= 11 is 0. The lowest BCUT2D eigenvalue weighted by Gasteiger charge is -2.35. The van der Waals surface area contributed by atoms with Crippen LogP contribution in [0.3, 0.4) is 0 Å². The summed E-state index contributed by atoms with van der Waals surface area (Å²) in [7, 11) is 0. The molecule has 0 atom stereocenters. The molecule has 1 aliphatic heterocycles. The van der Waals surface area contributed by atoms with Crippen molar-refractivity contribution in [1.82, 2.24) is 19.9 Å². The number of pyridine rings is 1. The molecule has 0 spiro atoms. The highest BCUT2D eigenvalue weighted by atomic mass is 16.6. The Kier molecular flexibility index (Phi) is 5.95. The molecule has 5 rings (SSSR count). The summed E-state index contributed by atoms with van der Waals surface area (Å²) < 4.78 is 5.46. The lowest BCUT2D eigenvalue weighted by molar-refractivity contribution is 0.0941. The molecule has 1 amide bonds. The third-order valence-corrected chi connectivity index (χ3v) is 5.90. The molecule has 1 fully saturated rings. The Bertz CT molecular complexity index is 1320. The van der Waals surface area contributed by atoms with E-state index >= 15 is 0 Å². The average Bonchev–Trinajstić information content (AvgIpc) is 2.87. The summed E-state index contributed by atoms with van der Waals surface area (Å²) in [4.78, 5) is 30.0. The van der Waals surface area contributed by atoms with Crippen LogP contribution in [0.4, 0.5) is 10.6 Å². The van der Waals surface area contributed by atoms with Gasteiger partial charge in [0.05, 0.1) is 11.1 Å². The number of rotatable bonds is 4. The van der Waals surface area contributed by atoms with Gasteiger partial charge in [-0.15, -0.1) is 0 Å². The number of anilines is 1. The van der Waals surface area contributed by atoms with Crippen LogP contribution in [-0.2, 0) is 11.3 Å². The van der Waals surface area contributed by atoms with Gasteiger partial charge in [0.1, 0.15) is 18.2 Å². The SMILES string of the molecule is Cc1ccc2c(N3CCN(C(=O)OCc4cccnc4)CC3)nc(-c3ccccc3O)nc2c1. The van der Waals surface area contributed by atoms with Crippen molar-refractivity contribution in [2.75, 3.05) is 31.1 Å². The number of aromatic hydroxyl groups is 1. The summed E-state index contributed by atoms with van der Waals surface area (Å²) in [6.45, 7) is 4.50. The average molecular weight is 456 g/mol. The number of carbonyl (C=O) groups is 1. The molecule has 2 aromatic heterocycles. The highest BCUT2D eigenvalue weighted by molar-refractivity contribution is 5.92. The van der Waals surface area contributed by atoms with Crippen molar-refractivity contribution in [1.29, 1.82) is 0 Å². The number of aromatic nitrogens is 3. The number of para-hydroxylation sites is 1. The van der Waals surface area contributed by atoms with E-state index < -0.39 is 0 Å². The van der Waals surface area contributed by atoms with Crippen LogP contribution in [0.5, 0.6) is 5.75 Å². The molecule has 0 unspecified atom stereocenters. The molecule has 0 aliphatic carbocycles. The Labute approximate surface area is 197 Å². The fourth-order valence-corrected chi connectivity index (χ4v) is 4.07. The Morgan fingerprint density at radius 2 is 1.85 bits per heavy atom. The molecular formula is C26H25N5O3. The standard InChI is InChI=1S/C26H25N5O3/c1-18-8-9-20-22(15-18)28-24(21-6-2-3-7-23(21)32)29-25(20)30-11-13-31(14-12-30)26(33)34-17-19-5-4-10-27-16-19/h2-10,15-16,32H,11-14,17H2,1H3. The molecule has 3 heterocycles. The van der Waals surface area contributed by atoms with E-state index in [9.17, 15) is 9.90 Å². The normalized spacial score (nSPS) is 13.8. The maximum atomic E-state index is 12.6. The van der Waals surface area contributed by atoms with Gasteiger partial charge in [-0.3, -0.25) is 4.98 Å². The van der Waals surface area contributed by atoms with Crippen LogP contribution in [-0.4, -0.2) is 57.2 Å². The summed E-state index contributed by atoms with van der Waals surface area (Å²) in [6.07, 6.45) is 3.05. The molecule has 8 nitrogen and oxygen atoms in total. The predicted molar refractivity (Wildman–Crippen MR) is 130 cm³/mol. The number of amides is 1. The van der Waals surface area contributed by atoms with Gasteiger partial charge in [-0.05, 0) is 42.8 Å². The van der Waals surface area contributed by atoms with Gasteiger partial charge in [0.2, 0.25) is 0 Å². The van der Waals surface area contributed by atoms with E-state index in [-0.39, 0.29) is 18.4 Å². The zero-order valence-electron chi connectivity index (χ0n) is 18.9. The van der Waals surface area contributed by atoms with Crippen molar-refractivity contribution in [2.45, 2.75) is 13.5 Å². The first-order valence-corrected chi connectivity index (χ1v) is 11.2. The Morgan fingerprint density at radius 1 is 1.03 bits per heavy atom. The first kappa shape index (κ1) is 21.6. The van der Waals surface area contributed by atoms with Crippen molar-refractivity contribution in [2.24, 2.45) is 0 Å². The van der Waals surface area contributed by atoms with Gasteiger partial charge >= 0.3 is 6.09 Å². The fraction of sp³-hybridized carbons (Fsp3) is 0.231. The van der Waals surface area contributed by atoms with Crippen molar-refractivity contribution < 1.29 is 14.6 Å². The van der Waals surface area contributed by atoms with E-state index in [0.29, 0.717) is 37.6 Å². The molecule has 1 N–H and O–H groups in total. The first-order chi connectivity index (χ1) is 16.6. The monoisotopic (exact) mass is 455 g/mol. The van der Waals surface area contributed by atoms with Crippen LogP contribution in [0, 0.1) is 6.92 Å². The van der Waals surface area contributed by atoms with Crippen LogP contribution >= 0.6 is 0 Å². The molecule has 172 valence electrons. The molecule has 4 aromatic rings. The molecule has 0 radical (unpaired) electrons. The van der Waals surface area contributed by atoms with Crippen LogP contribution in [0.25, 0.3) is 22.3 Å². The van der Waals surface area contributed by atoms with Crippen LogP contribution in [0.1, 0.15) is 11.1 Å². The molecule has 0 bridgehead atoms. The topological polar surface area (TPSA) is 91.7 Å². The van der Waals surface area contributed by atoms with Gasteiger partial charge in [-0.2, -0.15) is 0 Å². The number of benzene rings is 2. The Morgan fingerprint density at radius 3 is 2.62 bits per heavy atom. The molecule has 2 aromatic carbocycles. The van der Waals surface area contributed by atoms with E-state index in [1.165, 1.54) is 0 Å². The molecule has 1 aliphatic rings. The van der Waals surface area contributed by atoms with Crippen molar-refractivity contribution in [3.63, 3.8) is 0 Å². The summed E-state index contributed by atoms with van der Waals surface area (Å²) in [6, 6.07) is 16.9. The van der Waals surface area contributed by atoms with E-state index in [0.717, 1.165) is 27.8 Å². The quantitative estimate of drug-likeness (QED) is 0.494. The van der Waals surface area contributed by atoms with Crippen LogP contribution in [0.15, 0.2) is 67.0 Å². The third kappa shape index (κ3) is 4.47. The number of phenolic OH excluding ortho intramolecular Hbond substituents is 1. The summed E-state index contributed by atoms with van der Waals surface area (Å²) in [5.74, 6) is 1.41. The van der Waals surface area contributed by atoms with E-state index in [4.69, 9.17) is 14.7 Å². The Hall–Kier alpha value is -4.20. The van der Waals surface area contributed by atoms with Crippen molar-refractivity contribution in [3.8, 4) is 17.1 Å². The lowest BCUT2D eigenvalue weighted by Crippen LogP contribution is -2.49. The second kappa shape index (κ2) is 9.35. The molecule has 1 saturated heterocycles. The maximum Gasteiger partial charge on any atom is 0.410 e. The zero-order valence-corrected chi connectivity index (χ0v) is 18.9. The Balaban J connectivity index is 1.36. The van der Waals surface area contributed by atoms with E-state index in [1.807, 2.05) is 49.4 Å². The zero-order chi connectivity index (χ0) is 23.5. The number of carbonyl (C=O) groups excluding carboxylic acids is 1. The minimum Gasteiger partial charge on any atom is -0.507 e. The maximum absolute atomic E-state index is 12.6. The van der Waals surface area contributed by atoms with Gasteiger partial charge in [0.15, 0.2) is 5.82 Å². The van der Waals surface area contributed by atoms with Crippen molar-refractivity contribution >= 4 is 22.8 Å². The molecule has 8 heteroatoms. The molecule has 0 saturated carbocycles. The fourth-order valence-electron chi connectivity index (χ4n) is 4.07. The number of phenols is 1. The molecular weight excluding hydrogens is 430 g/mol. The van der Waals surface area contributed by atoms with Gasteiger partial charge < -0.3 is 19.6 Å². The second-order valence-electron chi connectivity index (χ2n) is 8.30. The van der Waals surface area contributed by atoms with Gasteiger partial charge in [0, 0.05) is 49.5 Å². The molecule has 34 heavy (non-hydrogen) atoms. The van der Waals surface area contributed by atoms with Crippen LogP contribution in [0.2, 0.25) is 0 Å². The third-order valence-electron chi connectivity index (χ3n) is 5.90. The van der Waals surface area contributed by atoms with E-state index in [1.54, 1.807) is 29.4 Å². The largest absolute Gasteiger partial charge is 0.507 e. The number of hydrogen-bond donors (Lipinski definition) is 1. The summed E-state index contributed by atoms with van der Waals surface area (Å²) in [5, 5.41) is 11.3. The van der Waals surface area contributed by atoms with Crippen molar-refractivity contribution in [3.05, 3.63) is 78.1 Å². The number of nitrogens with zero attached hydrogens (tertiary/aromatic N) is 5. The second-order valence-corrected chi connectivity index (χ2v) is 8.30. The summed E-state index contributed by atoms with van der Waals surface area (Å²) in [5.41, 5.74) is 3.36. The predicted octanol–water partition coefficient (Wildman–Crippen LogP) is 4.16. The smallest absolute Gasteiger partial charge is 0.410 e. The van der Waals surface area contributed by atoms with Gasteiger partial charge in [-0.1, -0.05) is 24.3 Å². The minimum absolute atomic E-state index is 0.140. The number of aryl methyl sites for hydroxylation is 1. The van der Waals surface area contributed by atoms with Gasteiger partial charge in [-0.25, -0.2) is 14.8 Å². The highest BCUT2D eigenvalue weighted by Gasteiger charge is 2.25. The number of ether oxygens (including phenoxy) is 1. The van der Waals surface area contributed by atoms with Crippen LogP contribution < -0.4 is 4.90 Å². The van der Waals surface area contributed by atoms with Gasteiger partial charge in [0.25, 0.3) is 0 Å². The number of piperazine rings is 1. The number of fused-ring (bicyclic) bond motifs is 1. The highest BCUT2D eigenvalue weighted by Crippen LogP contribution is 2.32. The minimum atomic E-state index is -0.332. The van der Waals surface area contributed by atoms with E-state index in [2.05, 4.69) is 9.88 Å². The number of hydrogen-bond acceptors (Lipinski definition) is 7.